The standard InChI is InChI=1S/C17H17BrN4O2S/c18-12-4-6-13(7-5-12)22-9-11(8-14(22)23)15(24)19-17-21-20-16(25-17)10-2-1-3-10/h4-7,10-11H,1-3,8-9H2,(H,19,21,24). The molecule has 2 heterocycles. The molecular weight excluding hydrogens is 404 g/mol. The van der Waals surface area contributed by atoms with Crippen LogP contribution >= 0.6 is 27.3 Å². The lowest BCUT2D eigenvalue weighted by Gasteiger charge is -2.21. The fraction of sp³-hybridized carbons (Fsp3) is 0.412. The molecule has 0 bridgehead atoms. The van der Waals surface area contributed by atoms with Crippen LogP contribution in [0.3, 0.4) is 0 Å². The Morgan fingerprint density at radius 1 is 1.24 bits per heavy atom. The van der Waals surface area contributed by atoms with Crippen molar-refractivity contribution in [1.29, 1.82) is 0 Å². The van der Waals surface area contributed by atoms with Crippen molar-refractivity contribution in [2.24, 2.45) is 5.92 Å². The maximum atomic E-state index is 12.5. The van der Waals surface area contributed by atoms with E-state index in [9.17, 15) is 9.59 Å². The number of carbonyl (C=O) groups is 2. The molecule has 0 radical (unpaired) electrons. The Morgan fingerprint density at radius 2 is 2.00 bits per heavy atom. The maximum Gasteiger partial charge on any atom is 0.231 e. The van der Waals surface area contributed by atoms with Gasteiger partial charge in [0.05, 0.1) is 5.92 Å². The van der Waals surface area contributed by atoms with E-state index in [2.05, 4.69) is 31.4 Å². The van der Waals surface area contributed by atoms with E-state index in [4.69, 9.17) is 0 Å². The molecule has 2 aliphatic rings. The number of hydrogen-bond acceptors (Lipinski definition) is 5. The summed E-state index contributed by atoms with van der Waals surface area (Å²) in [6.07, 6.45) is 3.77. The molecule has 6 nitrogen and oxygen atoms in total. The topological polar surface area (TPSA) is 75.2 Å². The summed E-state index contributed by atoms with van der Waals surface area (Å²) in [7, 11) is 0. The largest absolute Gasteiger partial charge is 0.312 e. The Hall–Kier alpha value is -1.80. The molecule has 4 rings (SSSR count). The molecule has 2 amide bonds. The summed E-state index contributed by atoms with van der Waals surface area (Å²) in [5.41, 5.74) is 0.812. The Labute approximate surface area is 157 Å². The van der Waals surface area contributed by atoms with Gasteiger partial charge in [0.15, 0.2) is 0 Å². The molecule has 1 aliphatic carbocycles. The molecule has 0 spiro atoms. The number of amides is 2. The second-order valence-electron chi connectivity index (χ2n) is 6.44. The van der Waals surface area contributed by atoms with Crippen molar-refractivity contribution in [2.75, 3.05) is 16.8 Å². The quantitative estimate of drug-likeness (QED) is 0.819. The first kappa shape index (κ1) is 16.7. The molecular formula is C17H17BrN4O2S. The highest BCUT2D eigenvalue weighted by Gasteiger charge is 2.35. The lowest BCUT2D eigenvalue weighted by molar-refractivity contribution is -0.122. The number of carbonyl (C=O) groups excluding carboxylic acids is 2. The predicted octanol–water partition coefficient (Wildman–Crippen LogP) is 3.56. The lowest BCUT2D eigenvalue weighted by atomic mass is 9.86. The molecule has 25 heavy (non-hydrogen) atoms. The molecule has 8 heteroatoms. The molecule has 2 aromatic rings. The summed E-state index contributed by atoms with van der Waals surface area (Å²) in [6.45, 7) is 0.389. The van der Waals surface area contributed by atoms with Gasteiger partial charge in [0.2, 0.25) is 16.9 Å². The molecule has 1 unspecified atom stereocenters. The zero-order chi connectivity index (χ0) is 17.4. The van der Waals surface area contributed by atoms with E-state index in [1.54, 1.807) is 4.90 Å². The summed E-state index contributed by atoms with van der Waals surface area (Å²) >= 11 is 4.83. The van der Waals surface area contributed by atoms with E-state index in [0.717, 1.165) is 28.0 Å². The SMILES string of the molecule is O=C(Nc1nnc(C2CCC2)s1)C1CC(=O)N(c2ccc(Br)cc2)C1. The van der Waals surface area contributed by atoms with E-state index >= 15 is 0 Å². The zero-order valence-electron chi connectivity index (χ0n) is 13.4. The number of nitrogens with one attached hydrogen (secondary N) is 1. The zero-order valence-corrected chi connectivity index (χ0v) is 15.8. The van der Waals surface area contributed by atoms with Gasteiger partial charge >= 0.3 is 0 Å². The fourth-order valence-corrected chi connectivity index (χ4v) is 4.25. The van der Waals surface area contributed by atoms with Gasteiger partial charge in [-0.15, -0.1) is 10.2 Å². The maximum absolute atomic E-state index is 12.5. The highest BCUT2D eigenvalue weighted by molar-refractivity contribution is 9.10. The van der Waals surface area contributed by atoms with Crippen molar-refractivity contribution in [2.45, 2.75) is 31.6 Å². The van der Waals surface area contributed by atoms with E-state index in [0.29, 0.717) is 17.6 Å². The molecule has 1 saturated heterocycles. The van der Waals surface area contributed by atoms with Gasteiger partial charge in [-0.05, 0) is 37.1 Å². The minimum Gasteiger partial charge on any atom is -0.312 e. The van der Waals surface area contributed by atoms with Crippen LogP contribution in [0.25, 0.3) is 0 Å². The Balaban J connectivity index is 1.40. The average molecular weight is 421 g/mol. The van der Waals surface area contributed by atoms with Crippen molar-refractivity contribution in [3.8, 4) is 0 Å². The number of rotatable bonds is 4. The van der Waals surface area contributed by atoms with E-state index in [1.807, 2.05) is 24.3 Å². The van der Waals surface area contributed by atoms with Gasteiger partial charge in [-0.2, -0.15) is 0 Å². The summed E-state index contributed by atoms with van der Waals surface area (Å²) in [4.78, 5) is 26.4. The van der Waals surface area contributed by atoms with Crippen LogP contribution in [-0.2, 0) is 9.59 Å². The van der Waals surface area contributed by atoms with Gasteiger partial charge in [0.1, 0.15) is 5.01 Å². The van der Waals surface area contributed by atoms with Crippen LogP contribution in [0.5, 0.6) is 0 Å². The molecule has 130 valence electrons. The molecule has 2 fully saturated rings. The van der Waals surface area contributed by atoms with Gasteiger partial charge < -0.3 is 10.2 Å². The van der Waals surface area contributed by atoms with Crippen molar-refractivity contribution in [1.82, 2.24) is 10.2 Å². The number of halogens is 1. The highest BCUT2D eigenvalue weighted by atomic mass is 79.9. The first-order chi connectivity index (χ1) is 12.1. The number of aromatic nitrogens is 2. The van der Waals surface area contributed by atoms with Crippen LogP contribution in [-0.4, -0.2) is 28.6 Å². The first-order valence-corrected chi connectivity index (χ1v) is 9.91. The third kappa shape index (κ3) is 3.46. The van der Waals surface area contributed by atoms with Crippen molar-refractivity contribution < 1.29 is 9.59 Å². The first-order valence-electron chi connectivity index (χ1n) is 8.30. The van der Waals surface area contributed by atoms with Crippen LogP contribution < -0.4 is 10.2 Å². The molecule has 1 N–H and O–H groups in total. The Morgan fingerprint density at radius 3 is 2.68 bits per heavy atom. The van der Waals surface area contributed by atoms with Crippen LogP contribution in [0.4, 0.5) is 10.8 Å². The molecule has 1 atom stereocenters. The third-order valence-corrected chi connectivity index (χ3v) is 6.29. The highest BCUT2D eigenvalue weighted by Crippen LogP contribution is 2.38. The molecule has 1 aliphatic heterocycles. The number of hydrogen-bond donors (Lipinski definition) is 1. The van der Waals surface area contributed by atoms with Crippen molar-refractivity contribution in [3.63, 3.8) is 0 Å². The van der Waals surface area contributed by atoms with Crippen LogP contribution in [0.2, 0.25) is 0 Å². The fourth-order valence-electron chi connectivity index (χ4n) is 3.07. The van der Waals surface area contributed by atoms with E-state index < -0.39 is 0 Å². The van der Waals surface area contributed by atoms with Gasteiger partial charge in [0, 0.05) is 29.0 Å². The Kier molecular flexibility index (Phi) is 4.56. The van der Waals surface area contributed by atoms with Gasteiger partial charge in [0.25, 0.3) is 0 Å². The summed E-state index contributed by atoms with van der Waals surface area (Å²) in [5, 5.41) is 12.6. The summed E-state index contributed by atoms with van der Waals surface area (Å²) in [5.74, 6) is -0.0597. The second-order valence-corrected chi connectivity index (χ2v) is 8.37. The van der Waals surface area contributed by atoms with E-state index in [1.165, 1.54) is 17.8 Å². The summed E-state index contributed by atoms with van der Waals surface area (Å²) in [6, 6.07) is 7.52. The second kappa shape index (κ2) is 6.84. The van der Waals surface area contributed by atoms with Crippen LogP contribution in [0.1, 0.15) is 36.6 Å². The van der Waals surface area contributed by atoms with Gasteiger partial charge in [-0.3, -0.25) is 9.59 Å². The van der Waals surface area contributed by atoms with Crippen molar-refractivity contribution in [3.05, 3.63) is 33.7 Å². The Bertz CT molecular complexity index is 803. The minimum absolute atomic E-state index is 0.0325. The predicted molar refractivity (Wildman–Crippen MR) is 99.7 cm³/mol. The van der Waals surface area contributed by atoms with Gasteiger partial charge in [-0.1, -0.05) is 33.7 Å². The molecule has 1 aromatic heterocycles. The number of nitrogens with zero attached hydrogens (tertiary/aromatic N) is 3. The van der Waals surface area contributed by atoms with Gasteiger partial charge in [-0.25, -0.2) is 0 Å². The smallest absolute Gasteiger partial charge is 0.231 e. The average Bonchev–Trinajstić information content (AvgIpc) is 3.14. The number of benzene rings is 1. The third-order valence-electron chi connectivity index (χ3n) is 4.76. The normalized spacial score (nSPS) is 20.6. The number of anilines is 2. The van der Waals surface area contributed by atoms with Crippen LogP contribution in [0.15, 0.2) is 28.7 Å². The minimum atomic E-state index is -0.368. The van der Waals surface area contributed by atoms with E-state index in [-0.39, 0.29) is 24.2 Å². The van der Waals surface area contributed by atoms with Crippen molar-refractivity contribution >= 4 is 49.9 Å². The summed E-state index contributed by atoms with van der Waals surface area (Å²) < 4.78 is 0.954. The molecule has 1 saturated carbocycles. The van der Waals surface area contributed by atoms with Crippen LogP contribution in [0, 0.1) is 5.92 Å². The monoisotopic (exact) mass is 420 g/mol. The molecule has 1 aromatic carbocycles. The lowest BCUT2D eigenvalue weighted by Crippen LogP contribution is -2.28.